The summed E-state index contributed by atoms with van der Waals surface area (Å²) in [5, 5.41) is 22.7. The maximum atomic E-state index is 10.8. The van der Waals surface area contributed by atoms with E-state index >= 15 is 0 Å². The number of nitro benzene ring substituents is 1. The highest BCUT2D eigenvalue weighted by molar-refractivity contribution is 5.48. The Hall–Kier alpha value is -1.66. The topological polar surface area (TPSA) is 84.6 Å². The number of nitrogens with one attached hydrogen (secondary N) is 1. The Morgan fingerprint density at radius 3 is 2.78 bits per heavy atom. The maximum absolute atomic E-state index is 10.8. The molecule has 1 aromatic carbocycles. The molecule has 2 N–H and O–H groups in total. The lowest BCUT2D eigenvalue weighted by Crippen LogP contribution is -2.21. The number of nitrogens with zero attached hydrogens (tertiary/aromatic N) is 1. The minimum atomic E-state index is -0.494. The Morgan fingerprint density at radius 1 is 1.50 bits per heavy atom. The lowest BCUT2D eigenvalue weighted by molar-refractivity contribution is -0.385. The van der Waals surface area contributed by atoms with E-state index in [9.17, 15) is 10.1 Å². The number of hydrogen-bond donors (Lipinski definition) is 2. The van der Waals surface area contributed by atoms with Crippen LogP contribution in [-0.4, -0.2) is 29.3 Å². The van der Waals surface area contributed by atoms with E-state index in [4.69, 9.17) is 9.84 Å². The zero-order valence-corrected chi connectivity index (χ0v) is 10.5. The zero-order chi connectivity index (χ0) is 13.5. The highest BCUT2D eigenvalue weighted by Crippen LogP contribution is 2.27. The molecule has 0 aliphatic heterocycles. The van der Waals surface area contributed by atoms with Gasteiger partial charge in [-0.05, 0) is 11.6 Å². The number of aliphatic hydroxyl groups excluding tert-OH is 1. The largest absolute Gasteiger partial charge is 0.484 e. The molecule has 0 fully saturated rings. The van der Waals surface area contributed by atoms with Crippen LogP contribution >= 0.6 is 0 Å². The maximum Gasteiger partial charge on any atom is 0.310 e. The van der Waals surface area contributed by atoms with Crippen molar-refractivity contribution in [3.63, 3.8) is 0 Å². The molecule has 0 saturated heterocycles. The SMILES string of the molecule is CC(C)NCc1ccc([N+](=O)[O-])c(OCCO)c1. The molecule has 0 aromatic heterocycles. The van der Waals surface area contributed by atoms with E-state index in [1.807, 2.05) is 13.8 Å². The Kier molecular flexibility index (Phi) is 5.54. The highest BCUT2D eigenvalue weighted by atomic mass is 16.6. The summed E-state index contributed by atoms with van der Waals surface area (Å²) in [6.07, 6.45) is 0. The summed E-state index contributed by atoms with van der Waals surface area (Å²) >= 11 is 0. The minimum Gasteiger partial charge on any atom is -0.484 e. The Labute approximate surface area is 106 Å². The van der Waals surface area contributed by atoms with E-state index in [2.05, 4.69) is 5.32 Å². The van der Waals surface area contributed by atoms with Crippen LogP contribution in [0.25, 0.3) is 0 Å². The predicted octanol–water partition coefficient (Wildman–Crippen LogP) is 1.46. The van der Waals surface area contributed by atoms with Gasteiger partial charge in [-0.25, -0.2) is 0 Å². The summed E-state index contributed by atoms with van der Waals surface area (Å²) < 4.78 is 5.18. The standard InChI is InChI=1S/C12H18N2O4/c1-9(2)13-8-10-3-4-11(14(16)17)12(7-10)18-6-5-15/h3-4,7,9,13,15H,5-6,8H2,1-2H3. The first-order valence-corrected chi connectivity index (χ1v) is 5.79. The molecule has 1 rings (SSSR count). The van der Waals surface area contributed by atoms with Crippen LogP contribution in [0.2, 0.25) is 0 Å². The second kappa shape index (κ2) is 6.93. The molecule has 0 spiro atoms. The number of ether oxygens (including phenoxy) is 1. The molecule has 100 valence electrons. The molecule has 0 heterocycles. The average Bonchev–Trinajstić information content (AvgIpc) is 2.33. The molecular formula is C12H18N2O4. The van der Waals surface area contributed by atoms with Crippen LogP contribution < -0.4 is 10.1 Å². The van der Waals surface area contributed by atoms with Gasteiger partial charge in [-0.15, -0.1) is 0 Å². The van der Waals surface area contributed by atoms with E-state index in [1.165, 1.54) is 6.07 Å². The molecule has 0 unspecified atom stereocenters. The third kappa shape index (κ3) is 4.31. The first-order chi connectivity index (χ1) is 8.54. The van der Waals surface area contributed by atoms with Crippen molar-refractivity contribution in [3.8, 4) is 5.75 Å². The molecule has 6 heteroatoms. The summed E-state index contributed by atoms with van der Waals surface area (Å²) in [7, 11) is 0. The van der Waals surface area contributed by atoms with Crippen LogP contribution in [0, 0.1) is 10.1 Å². The molecule has 1 aromatic rings. The van der Waals surface area contributed by atoms with Crippen molar-refractivity contribution in [2.24, 2.45) is 0 Å². The van der Waals surface area contributed by atoms with Gasteiger partial charge in [0, 0.05) is 18.7 Å². The molecular weight excluding hydrogens is 236 g/mol. The molecule has 0 saturated carbocycles. The van der Waals surface area contributed by atoms with Crippen LogP contribution in [-0.2, 0) is 6.54 Å². The van der Waals surface area contributed by atoms with Gasteiger partial charge in [0.15, 0.2) is 5.75 Å². The van der Waals surface area contributed by atoms with E-state index in [0.717, 1.165) is 5.56 Å². The van der Waals surface area contributed by atoms with E-state index < -0.39 is 4.92 Å². The Morgan fingerprint density at radius 2 is 2.22 bits per heavy atom. The second-order valence-electron chi connectivity index (χ2n) is 4.17. The van der Waals surface area contributed by atoms with Crippen LogP contribution in [0.3, 0.4) is 0 Å². The lowest BCUT2D eigenvalue weighted by Gasteiger charge is -2.10. The number of hydrogen-bond acceptors (Lipinski definition) is 5. The summed E-state index contributed by atoms with van der Waals surface area (Å²) in [6, 6.07) is 5.08. The fourth-order valence-electron chi connectivity index (χ4n) is 1.41. The van der Waals surface area contributed by atoms with E-state index in [-0.39, 0.29) is 24.7 Å². The third-order valence-corrected chi connectivity index (χ3v) is 2.28. The molecule has 0 radical (unpaired) electrons. The van der Waals surface area contributed by atoms with Crippen molar-refractivity contribution in [3.05, 3.63) is 33.9 Å². The summed E-state index contributed by atoms with van der Waals surface area (Å²) in [5.41, 5.74) is 0.819. The van der Waals surface area contributed by atoms with Crippen molar-refractivity contribution in [2.75, 3.05) is 13.2 Å². The van der Waals surface area contributed by atoms with Gasteiger partial charge < -0.3 is 15.2 Å². The Balaban J connectivity index is 2.86. The minimum absolute atomic E-state index is 0.0436. The third-order valence-electron chi connectivity index (χ3n) is 2.28. The quantitative estimate of drug-likeness (QED) is 0.568. The summed E-state index contributed by atoms with van der Waals surface area (Å²) in [5.74, 6) is 0.192. The van der Waals surface area contributed by atoms with Gasteiger partial charge in [0.1, 0.15) is 6.61 Å². The van der Waals surface area contributed by atoms with Crippen LogP contribution in [0.5, 0.6) is 5.75 Å². The lowest BCUT2D eigenvalue weighted by atomic mass is 10.2. The number of rotatable bonds is 7. The normalized spacial score (nSPS) is 10.7. The van der Waals surface area contributed by atoms with Crippen molar-refractivity contribution < 1.29 is 14.8 Å². The van der Waals surface area contributed by atoms with E-state index in [1.54, 1.807) is 12.1 Å². The summed E-state index contributed by atoms with van der Waals surface area (Å²) in [6.45, 7) is 4.53. The molecule has 6 nitrogen and oxygen atoms in total. The van der Waals surface area contributed by atoms with Crippen LogP contribution in [0.1, 0.15) is 19.4 Å². The molecule has 0 atom stereocenters. The van der Waals surface area contributed by atoms with Gasteiger partial charge in [-0.1, -0.05) is 19.9 Å². The van der Waals surface area contributed by atoms with Crippen LogP contribution in [0.4, 0.5) is 5.69 Å². The smallest absolute Gasteiger partial charge is 0.310 e. The fourth-order valence-corrected chi connectivity index (χ4v) is 1.41. The van der Waals surface area contributed by atoms with Crippen molar-refractivity contribution in [1.82, 2.24) is 5.32 Å². The van der Waals surface area contributed by atoms with Gasteiger partial charge >= 0.3 is 5.69 Å². The molecule has 0 amide bonds. The molecule has 18 heavy (non-hydrogen) atoms. The molecule has 0 aliphatic carbocycles. The van der Waals surface area contributed by atoms with Gasteiger partial charge in [0.2, 0.25) is 0 Å². The monoisotopic (exact) mass is 254 g/mol. The number of aliphatic hydroxyl groups is 1. The Bertz CT molecular complexity index is 407. The second-order valence-corrected chi connectivity index (χ2v) is 4.17. The average molecular weight is 254 g/mol. The molecule has 0 bridgehead atoms. The van der Waals surface area contributed by atoms with Crippen molar-refractivity contribution in [2.45, 2.75) is 26.4 Å². The first-order valence-electron chi connectivity index (χ1n) is 5.79. The van der Waals surface area contributed by atoms with Crippen molar-refractivity contribution >= 4 is 5.69 Å². The van der Waals surface area contributed by atoms with E-state index in [0.29, 0.717) is 12.6 Å². The van der Waals surface area contributed by atoms with Gasteiger partial charge in [-0.2, -0.15) is 0 Å². The fraction of sp³-hybridized carbons (Fsp3) is 0.500. The van der Waals surface area contributed by atoms with Gasteiger partial charge in [-0.3, -0.25) is 10.1 Å². The first kappa shape index (κ1) is 14.4. The van der Waals surface area contributed by atoms with Gasteiger partial charge in [0.05, 0.1) is 11.5 Å². The predicted molar refractivity (Wildman–Crippen MR) is 67.7 cm³/mol. The summed E-state index contributed by atoms with van der Waals surface area (Å²) in [4.78, 5) is 10.3. The zero-order valence-electron chi connectivity index (χ0n) is 10.5. The number of benzene rings is 1. The van der Waals surface area contributed by atoms with Crippen LogP contribution in [0.15, 0.2) is 18.2 Å². The van der Waals surface area contributed by atoms with Crippen molar-refractivity contribution in [1.29, 1.82) is 0 Å². The van der Waals surface area contributed by atoms with Gasteiger partial charge in [0.25, 0.3) is 0 Å². The highest BCUT2D eigenvalue weighted by Gasteiger charge is 2.15. The number of nitro groups is 1. The molecule has 0 aliphatic rings.